The lowest BCUT2D eigenvalue weighted by Crippen LogP contribution is -2.29. The Labute approximate surface area is 167 Å². The number of piperidine rings is 1. The Balaban J connectivity index is 1.47. The molecule has 0 radical (unpaired) electrons. The first-order chi connectivity index (χ1) is 14.1. The van der Waals surface area contributed by atoms with Crippen LogP contribution in [0.15, 0.2) is 54.7 Å². The van der Waals surface area contributed by atoms with Crippen LogP contribution in [0.25, 0.3) is 0 Å². The van der Waals surface area contributed by atoms with Gasteiger partial charge < -0.3 is 20.1 Å². The fraction of sp³-hybridized carbons (Fsp3) is 0.227. The number of aromatic nitrogens is 1. The van der Waals surface area contributed by atoms with Crippen LogP contribution in [0.2, 0.25) is 0 Å². The highest BCUT2D eigenvalue weighted by atomic mass is 19.1. The zero-order chi connectivity index (χ0) is 20.2. The van der Waals surface area contributed by atoms with E-state index in [9.17, 15) is 13.9 Å². The SMILES string of the molecule is Oc1cc(Nc2ncc(Oc3cccc(N4CCCCC4)c3)cc2F)ccc1F. The van der Waals surface area contributed by atoms with Crippen LogP contribution in [0.3, 0.4) is 0 Å². The summed E-state index contributed by atoms with van der Waals surface area (Å²) in [6, 6.07) is 12.6. The number of hydrogen-bond acceptors (Lipinski definition) is 5. The molecular formula is C22H21F2N3O2. The fourth-order valence-electron chi connectivity index (χ4n) is 3.33. The van der Waals surface area contributed by atoms with Gasteiger partial charge >= 0.3 is 0 Å². The van der Waals surface area contributed by atoms with Gasteiger partial charge in [0.15, 0.2) is 23.2 Å². The van der Waals surface area contributed by atoms with Crippen molar-refractivity contribution < 1.29 is 18.6 Å². The van der Waals surface area contributed by atoms with Crippen molar-refractivity contribution in [2.75, 3.05) is 23.3 Å². The van der Waals surface area contributed by atoms with Crippen LogP contribution in [0.5, 0.6) is 17.2 Å². The molecule has 1 fully saturated rings. The van der Waals surface area contributed by atoms with Gasteiger partial charge in [0.1, 0.15) is 11.5 Å². The van der Waals surface area contributed by atoms with Gasteiger partial charge in [0.2, 0.25) is 0 Å². The van der Waals surface area contributed by atoms with Crippen molar-refractivity contribution in [3.63, 3.8) is 0 Å². The van der Waals surface area contributed by atoms with Gasteiger partial charge in [-0.3, -0.25) is 0 Å². The van der Waals surface area contributed by atoms with E-state index in [0.29, 0.717) is 11.4 Å². The Morgan fingerprint density at radius 1 is 0.931 bits per heavy atom. The molecule has 1 aliphatic heterocycles. The minimum absolute atomic E-state index is 0.0505. The van der Waals surface area contributed by atoms with Crippen LogP contribution in [0.1, 0.15) is 19.3 Å². The quantitative estimate of drug-likeness (QED) is 0.588. The number of nitrogens with one attached hydrogen (secondary N) is 1. The van der Waals surface area contributed by atoms with E-state index in [0.717, 1.165) is 30.9 Å². The molecule has 5 nitrogen and oxygen atoms in total. The average Bonchev–Trinajstić information content (AvgIpc) is 2.73. The molecule has 0 atom stereocenters. The molecule has 0 spiro atoms. The van der Waals surface area contributed by atoms with Gasteiger partial charge in [-0.15, -0.1) is 0 Å². The Bertz CT molecular complexity index is 1010. The van der Waals surface area contributed by atoms with Gasteiger partial charge in [0.05, 0.1) is 6.20 Å². The highest BCUT2D eigenvalue weighted by Crippen LogP contribution is 2.30. The third-order valence-corrected chi connectivity index (χ3v) is 4.80. The molecule has 4 rings (SSSR count). The third-order valence-electron chi connectivity index (χ3n) is 4.80. The maximum atomic E-state index is 14.4. The average molecular weight is 397 g/mol. The molecule has 2 N–H and O–H groups in total. The zero-order valence-electron chi connectivity index (χ0n) is 15.7. The second kappa shape index (κ2) is 8.34. The van der Waals surface area contributed by atoms with Gasteiger partial charge in [-0.25, -0.2) is 13.8 Å². The van der Waals surface area contributed by atoms with Crippen molar-refractivity contribution in [3.8, 4) is 17.2 Å². The summed E-state index contributed by atoms with van der Waals surface area (Å²) in [5, 5.41) is 12.1. The van der Waals surface area contributed by atoms with Crippen LogP contribution < -0.4 is 15.0 Å². The lowest BCUT2D eigenvalue weighted by molar-refractivity contribution is 0.433. The predicted molar refractivity (Wildman–Crippen MR) is 108 cm³/mol. The molecule has 1 aliphatic rings. The van der Waals surface area contributed by atoms with E-state index in [1.165, 1.54) is 37.6 Å². The molecule has 1 saturated heterocycles. The summed E-state index contributed by atoms with van der Waals surface area (Å²) in [6.07, 6.45) is 5.03. The van der Waals surface area contributed by atoms with Crippen molar-refractivity contribution in [1.82, 2.24) is 4.98 Å². The number of halogens is 2. The van der Waals surface area contributed by atoms with Crippen molar-refractivity contribution >= 4 is 17.2 Å². The Morgan fingerprint density at radius 2 is 1.76 bits per heavy atom. The molecule has 150 valence electrons. The molecule has 0 saturated carbocycles. The Hall–Kier alpha value is -3.35. The Kier molecular flexibility index (Phi) is 5.46. The van der Waals surface area contributed by atoms with Gasteiger partial charge in [-0.05, 0) is 43.5 Å². The van der Waals surface area contributed by atoms with Crippen LogP contribution in [0, 0.1) is 11.6 Å². The molecule has 3 aromatic rings. The molecule has 7 heteroatoms. The van der Waals surface area contributed by atoms with Crippen LogP contribution in [0.4, 0.5) is 26.0 Å². The topological polar surface area (TPSA) is 57.6 Å². The van der Waals surface area contributed by atoms with Crippen molar-refractivity contribution in [1.29, 1.82) is 0 Å². The number of benzene rings is 2. The molecule has 2 heterocycles. The summed E-state index contributed by atoms with van der Waals surface area (Å²) < 4.78 is 33.4. The first kappa shape index (κ1) is 19.0. The summed E-state index contributed by atoms with van der Waals surface area (Å²) in [6.45, 7) is 2.05. The monoisotopic (exact) mass is 397 g/mol. The van der Waals surface area contributed by atoms with Crippen LogP contribution in [-0.4, -0.2) is 23.2 Å². The van der Waals surface area contributed by atoms with E-state index in [4.69, 9.17) is 4.74 Å². The molecular weight excluding hydrogens is 376 g/mol. The summed E-state index contributed by atoms with van der Waals surface area (Å²) in [5.41, 5.74) is 1.41. The number of anilines is 3. The third kappa shape index (κ3) is 4.56. The molecule has 0 aliphatic carbocycles. The number of ether oxygens (including phenoxy) is 1. The van der Waals surface area contributed by atoms with E-state index in [1.54, 1.807) is 0 Å². The van der Waals surface area contributed by atoms with Gasteiger partial charge in [0, 0.05) is 42.7 Å². The van der Waals surface area contributed by atoms with E-state index in [2.05, 4.69) is 15.2 Å². The van der Waals surface area contributed by atoms with E-state index < -0.39 is 17.4 Å². The first-order valence-electron chi connectivity index (χ1n) is 9.52. The van der Waals surface area contributed by atoms with Crippen molar-refractivity contribution in [3.05, 3.63) is 66.4 Å². The number of aromatic hydroxyl groups is 1. The summed E-state index contributed by atoms with van der Waals surface area (Å²) in [4.78, 5) is 6.36. The number of rotatable bonds is 5. The van der Waals surface area contributed by atoms with Gasteiger partial charge in [-0.2, -0.15) is 0 Å². The predicted octanol–water partition coefficient (Wildman–Crippen LogP) is 5.59. The van der Waals surface area contributed by atoms with E-state index >= 15 is 0 Å². The minimum atomic E-state index is -0.750. The molecule has 29 heavy (non-hydrogen) atoms. The van der Waals surface area contributed by atoms with Crippen LogP contribution >= 0.6 is 0 Å². The number of nitrogens with zero attached hydrogens (tertiary/aromatic N) is 2. The molecule has 1 aromatic heterocycles. The highest BCUT2D eigenvalue weighted by Gasteiger charge is 2.13. The molecule has 0 amide bonds. The number of phenols is 1. The van der Waals surface area contributed by atoms with E-state index in [1.807, 2.05) is 24.3 Å². The largest absolute Gasteiger partial charge is 0.505 e. The lowest BCUT2D eigenvalue weighted by Gasteiger charge is -2.29. The normalized spacial score (nSPS) is 13.9. The highest BCUT2D eigenvalue weighted by molar-refractivity contribution is 5.59. The van der Waals surface area contributed by atoms with E-state index in [-0.39, 0.29) is 11.6 Å². The van der Waals surface area contributed by atoms with Crippen molar-refractivity contribution in [2.45, 2.75) is 19.3 Å². The smallest absolute Gasteiger partial charge is 0.169 e. The molecule has 0 bridgehead atoms. The maximum Gasteiger partial charge on any atom is 0.169 e. The lowest BCUT2D eigenvalue weighted by atomic mass is 10.1. The van der Waals surface area contributed by atoms with Crippen molar-refractivity contribution in [2.24, 2.45) is 0 Å². The van der Waals surface area contributed by atoms with Crippen LogP contribution in [-0.2, 0) is 0 Å². The fourth-order valence-corrected chi connectivity index (χ4v) is 3.33. The molecule has 0 unspecified atom stereocenters. The second-order valence-electron chi connectivity index (χ2n) is 6.94. The number of hydrogen-bond donors (Lipinski definition) is 2. The zero-order valence-corrected chi connectivity index (χ0v) is 15.7. The molecule has 2 aromatic carbocycles. The summed E-state index contributed by atoms with van der Waals surface area (Å²) in [5.74, 6) is -1.07. The number of phenolic OH excluding ortho intramolecular Hbond substituents is 1. The Morgan fingerprint density at radius 3 is 2.52 bits per heavy atom. The van der Waals surface area contributed by atoms with Gasteiger partial charge in [0.25, 0.3) is 0 Å². The second-order valence-corrected chi connectivity index (χ2v) is 6.94. The van der Waals surface area contributed by atoms with Gasteiger partial charge in [-0.1, -0.05) is 6.07 Å². The first-order valence-corrected chi connectivity index (χ1v) is 9.52. The summed E-state index contributed by atoms with van der Waals surface area (Å²) >= 11 is 0. The summed E-state index contributed by atoms with van der Waals surface area (Å²) in [7, 11) is 0. The number of pyridine rings is 1. The standard InChI is InChI=1S/C22H21F2N3O2/c23-19-8-7-15(11-21(19)28)26-22-20(24)13-18(14-25-22)29-17-6-4-5-16(12-17)27-9-2-1-3-10-27/h4-8,11-14,28H,1-3,9-10H2,(H,25,26). The maximum absolute atomic E-state index is 14.4. The minimum Gasteiger partial charge on any atom is -0.505 e.